The molecule has 0 bridgehead atoms. The molecule has 1 aromatic carbocycles. The first kappa shape index (κ1) is 21.6. The standard InChI is InChI=1S/C17H17ClF5N3O3/c18-12-9(19)3-2-8(13(12)20)14(26-15(27)10-5-24-16(28)25-10)11-4-1-7(6-29-11)17(21,22)23/h2-3,7,10-11,14H,1,4-6H2,(H,26,27)(H2,24,25,28)/t7-,10-,11+,14-/m0/s1. The SMILES string of the molecule is O=C1NC[C@@H](C(=O)N[C@@H](c2ccc(F)c(Cl)c2F)[C@H]2CC[C@H](C(F)(F)F)CO2)N1. The number of amides is 3. The highest BCUT2D eigenvalue weighted by atomic mass is 35.5. The van der Waals surface area contributed by atoms with Gasteiger partial charge in [-0.25, -0.2) is 13.6 Å². The number of hydrogen-bond donors (Lipinski definition) is 3. The molecule has 2 aliphatic rings. The number of carbonyl (C=O) groups is 2. The molecule has 0 saturated carbocycles. The van der Waals surface area contributed by atoms with E-state index >= 15 is 0 Å². The van der Waals surface area contributed by atoms with Crippen LogP contribution in [0.2, 0.25) is 5.02 Å². The van der Waals surface area contributed by atoms with Crippen molar-refractivity contribution in [3.05, 3.63) is 34.4 Å². The molecular weight excluding hydrogens is 425 g/mol. The van der Waals surface area contributed by atoms with Gasteiger partial charge in [-0.15, -0.1) is 0 Å². The van der Waals surface area contributed by atoms with Crippen molar-refractivity contribution in [1.82, 2.24) is 16.0 Å². The van der Waals surface area contributed by atoms with Gasteiger partial charge in [-0.05, 0) is 18.9 Å². The number of carbonyl (C=O) groups excluding carboxylic acids is 2. The van der Waals surface area contributed by atoms with Crippen LogP contribution in [0.5, 0.6) is 0 Å². The van der Waals surface area contributed by atoms with Crippen LogP contribution in [0, 0.1) is 17.6 Å². The molecule has 2 aliphatic heterocycles. The monoisotopic (exact) mass is 441 g/mol. The van der Waals surface area contributed by atoms with E-state index in [0.29, 0.717) is 0 Å². The van der Waals surface area contributed by atoms with Crippen molar-refractivity contribution in [2.75, 3.05) is 13.2 Å². The predicted octanol–water partition coefficient (Wildman–Crippen LogP) is 2.81. The first-order valence-corrected chi connectivity index (χ1v) is 9.12. The van der Waals surface area contributed by atoms with Crippen molar-refractivity contribution in [2.24, 2.45) is 5.92 Å². The molecule has 3 rings (SSSR count). The molecule has 0 radical (unpaired) electrons. The molecule has 6 nitrogen and oxygen atoms in total. The van der Waals surface area contributed by atoms with E-state index in [9.17, 15) is 31.5 Å². The third-order valence-corrected chi connectivity index (χ3v) is 5.28. The first-order valence-electron chi connectivity index (χ1n) is 8.74. The minimum absolute atomic E-state index is 0.0221. The maximum atomic E-state index is 14.6. The normalized spacial score (nSPS) is 25.9. The van der Waals surface area contributed by atoms with Gasteiger partial charge in [0, 0.05) is 12.1 Å². The van der Waals surface area contributed by atoms with Gasteiger partial charge in [0.1, 0.15) is 22.7 Å². The Balaban J connectivity index is 1.83. The van der Waals surface area contributed by atoms with Crippen LogP contribution in [-0.2, 0) is 9.53 Å². The molecule has 0 spiro atoms. The Kier molecular flexibility index (Phi) is 6.18. The molecule has 3 amide bonds. The predicted molar refractivity (Wildman–Crippen MR) is 91.1 cm³/mol. The highest BCUT2D eigenvalue weighted by Gasteiger charge is 2.44. The largest absolute Gasteiger partial charge is 0.394 e. The van der Waals surface area contributed by atoms with Crippen LogP contribution in [-0.4, -0.2) is 43.4 Å². The summed E-state index contributed by atoms with van der Waals surface area (Å²) in [4.78, 5) is 23.7. The lowest BCUT2D eigenvalue weighted by molar-refractivity contribution is -0.210. The smallest absolute Gasteiger partial charge is 0.375 e. The Hall–Kier alpha value is -2.14. The lowest BCUT2D eigenvalue weighted by Gasteiger charge is -2.35. The van der Waals surface area contributed by atoms with Gasteiger partial charge in [-0.1, -0.05) is 17.7 Å². The summed E-state index contributed by atoms with van der Waals surface area (Å²) >= 11 is 5.61. The number of urea groups is 1. The molecule has 0 unspecified atom stereocenters. The van der Waals surface area contributed by atoms with E-state index in [1.165, 1.54) is 0 Å². The maximum Gasteiger partial charge on any atom is 0.394 e. The van der Waals surface area contributed by atoms with Crippen LogP contribution in [0.3, 0.4) is 0 Å². The number of nitrogens with one attached hydrogen (secondary N) is 3. The molecular formula is C17H17ClF5N3O3. The summed E-state index contributed by atoms with van der Waals surface area (Å²) in [6.07, 6.45) is -5.84. The summed E-state index contributed by atoms with van der Waals surface area (Å²) in [5.41, 5.74) is -0.225. The molecule has 12 heteroatoms. The van der Waals surface area contributed by atoms with Crippen LogP contribution in [0.15, 0.2) is 12.1 Å². The molecule has 0 aliphatic carbocycles. The Labute approximate surface area is 167 Å². The molecule has 29 heavy (non-hydrogen) atoms. The van der Waals surface area contributed by atoms with Crippen molar-refractivity contribution in [1.29, 1.82) is 0 Å². The zero-order valence-corrected chi connectivity index (χ0v) is 15.5. The minimum Gasteiger partial charge on any atom is -0.375 e. The minimum atomic E-state index is -4.44. The second-order valence-electron chi connectivity index (χ2n) is 6.85. The first-order chi connectivity index (χ1) is 13.6. The highest BCUT2D eigenvalue weighted by molar-refractivity contribution is 6.31. The molecule has 2 saturated heterocycles. The van der Waals surface area contributed by atoms with Gasteiger partial charge < -0.3 is 20.7 Å². The average Bonchev–Trinajstić information content (AvgIpc) is 3.11. The molecule has 3 N–H and O–H groups in total. The molecule has 2 heterocycles. The molecule has 2 fully saturated rings. The van der Waals surface area contributed by atoms with Crippen LogP contribution < -0.4 is 16.0 Å². The second kappa shape index (κ2) is 8.31. The van der Waals surface area contributed by atoms with Crippen LogP contribution in [0.25, 0.3) is 0 Å². The number of alkyl halides is 3. The molecule has 0 aromatic heterocycles. The van der Waals surface area contributed by atoms with E-state index in [4.69, 9.17) is 16.3 Å². The van der Waals surface area contributed by atoms with Gasteiger partial charge in [0.2, 0.25) is 5.91 Å². The summed E-state index contributed by atoms with van der Waals surface area (Å²) in [6.45, 7) is -0.676. The fourth-order valence-electron chi connectivity index (χ4n) is 3.31. The van der Waals surface area contributed by atoms with Crippen molar-refractivity contribution in [3.63, 3.8) is 0 Å². The second-order valence-corrected chi connectivity index (χ2v) is 7.22. The van der Waals surface area contributed by atoms with Crippen LogP contribution in [0.4, 0.5) is 26.7 Å². The number of ether oxygens (including phenoxy) is 1. The lowest BCUT2D eigenvalue weighted by atomic mass is 9.90. The number of benzene rings is 1. The number of hydrogen-bond acceptors (Lipinski definition) is 3. The zero-order chi connectivity index (χ0) is 21.3. The van der Waals surface area contributed by atoms with Crippen LogP contribution in [0.1, 0.15) is 24.4 Å². The van der Waals surface area contributed by atoms with Gasteiger partial charge in [0.05, 0.1) is 24.7 Å². The van der Waals surface area contributed by atoms with E-state index in [-0.39, 0.29) is 24.9 Å². The van der Waals surface area contributed by atoms with Crippen molar-refractivity contribution < 1.29 is 36.3 Å². The summed E-state index contributed by atoms with van der Waals surface area (Å²) in [5, 5.41) is 6.41. The van der Waals surface area contributed by atoms with Crippen molar-refractivity contribution in [2.45, 2.75) is 37.2 Å². The fourth-order valence-corrected chi connectivity index (χ4v) is 3.48. The Morgan fingerprint density at radius 1 is 1.28 bits per heavy atom. The highest BCUT2D eigenvalue weighted by Crippen LogP contribution is 2.38. The van der Waals surface area contributed by atoms with Crippen molar-refractivity contribution in [3.8, 4) is 0 Å². The van der Waals surface area contributed by atoms with Crippen molar-refractivity contribution >= 4 is 23.5 Å². The zero-order valence-electron chi connectivity index (χ0n) is 14.8. The average molecular weight is 442 g/mol. The molecule has 160 valence electrons. The van der Waals surface area contributed by atoms with E-state index in [2.05, 4.69) is 16.0 Å². The summed E-state index contributed by atoms with van der Waals surface area (Å²) < 4.78 is 72.1. The lowest BCUT2D eigenvalue weighted by Crippen LogP contribution is -2.49. The Morgan fingerprint density at radius 2 is 2.00 bits per heavy atom. The fraction of sp³-hybridized carbons (Fsp3) is 0.529. The maximum absolute atomic E-state index is 14.6. The molecule has 1 aromatic rings. The number of halogens is 6. The van der Waals surface area contributed by atoms with Crippen LogP contribution >= 0.6 is 11.6 Å². The molecule has 4 atom stereocenters. The Bertz CT molecular complexity index is 799. The van der Waals surface area contributed by atoms with Gasteiger partial charge in [-0.3, -0.25) is 4.79 Å². The van der Waals surface area contributed by atoms with Gasteiger partial charge >= 0.3 is 12.2 Å². The van der Waals surface area contributed by atoms with E-state index in [1.807, 2.05) is 0 Å². The quantitative estimate of drug-likeness (QED) is 0.496. The third kappa shape index (κ3) is 4.72. The Morgan fingerprint density at radius 3 is 2.55 bits per heavy atom. The summed E-state index contributed by atoms with van der Waals surface area (Å²) in [6, 6.07) is -0.825. The topological polar surface area (TPSA) is 79.5 Å². The number of rotatable bonds is 4. The van der Waals surface area contributed by atoms with Gasteiger partial charge in [-0.2, -0.15) is 13.2 Å². The van der Waals surface area contributed by atoms with E-state index in [0.717, 1.165) is 12.1 Å². The van der Waals surface area contributed by atoms with E-state index < -0.39 is 65.5 Å². The van der Waals surface area contributed by atoms with Gasteiger partial charge in [0.15, 0.2) is 0 Å². The summed E-state index contributed by atoms with van der Waals surface area (Å²) in [5.74, 6) is -4.54. The third-order valence-electron chi connectivity index (χ3n) is 4.93. The summed E-state index contributed by atoms with van der Waals surface area (Å²) in [7, 11) is 0. The van der Waals surface area contributed by atoms with E-state index in [1.54, 1.807) is 0 Å². The van der Waals surface area contributed by atoms with Gasteiger partial charge in [0.25, 0.3) is 0 Å².